The number of aromatic nitrogens is 1. The van der Waals surface area contributed by atoms with Crippen molar-refractivity contribution in [2.24, 2.45) is 17.4 Å². The first-order valence-corrected chi connectivity index (χ1v) is 24.5. The molecule has 18 heteroatoms. The summed E-state index contributed by atoms with van der Waals surface area (Å²) < 4.78 is 5.45. The summed E-state index contributed by atoms with van der Waals surface area (Å²) in [6, 6.07) is 26.1. The molecule has 13 N–H and O–H groups in total. The number of anilines is 1. The van der Waals surface area contributed by atoms with E-state index in [1.165, 1.54) is 0 Å². The number of phenolic OH excluding ortho intramolecular Hbond substituents is 1. The summed E-state index contributed by atoms with van der Waals surface area (Å²) >= 11 is 0. The van der Waals surface area contributed by atoms with Gasteiger partial charge in [-0.15, -0.1) is 0 Å². The van der Waals surface area contributed by atoms with Gasteiger partial charge in [0.05, 0.1) is 19.8 Å². The average molecular weight is 970 g/mol. The maximum Gasteiger partial charge on any atom is 0.243 e. The lowest BCUT2D eigenvalue weighted by Gasteiger charge is -2.29. The van der Waals surface area contributed by atoms with Crippen LogP contribution in [0, 0.1) is 11.3 Å². The van der Waals surface area contributed by atoms with E-state index in [1.54, 1.807) is 24.4 Å². The zero-order valence-corrected chi connectivity index (χ0v) is 40.0. The van der Waals surface area contributed by atoms with Gasteiger partial charge in [-0.3, -0.25) is 34.3 Å². The smallest absolute Gasteiger partial charge is 0.243 e. The number of carbonyl (C=O) groups excluding carboxylic acids is 5. The Morgan fingerprint density at radius 2 is 1.46 bits per heavy atom. The highest BCUT2D eigenvalue weighted by Gasteiger charge is 2.33. The number of nitrogens with one attached hydrogen (secondary N) is 8. The van der Waals surface area contributed by atoms with Crippen LogP contribution in [0.5, 0.6) is 5.75 Å². The minimum Gasteiger partial charge on any atom is -0.508 e. The minimum absolute atomic E-state index is 0.0241. The molecule has 5 aromatic rings. The van der Waals surface area contributed by atoms with Gasteiger partial charge in [0.2, 0.25) is 29.5 Å². The monoisotopic (exact) mass is 970 g/mol. The molecule has 5 amide bonds. The van der Waals surface area contributed by atoms with Gasteiger partial charge in [0.1, 0.15) is 23.9 Å². The zero-order valence-electron chi connectivity index (χ0n) is 40.0. The molecule has 1 aliphatic carbocycles. The predicted octanol–water partition coefficient (Wildman–Crippen LogP) is 3.54. The Balaban J connectivity index is 1.09. The highest BCUT2D eigenvalue weighted by molar-refractivity contribution is 5.98. The maximum atomic E-state index is 14.7. The van der Waals surface area contributed by atoms with Crippen LogP contribution in [0.25, 0.3) is 22.0 Å². The number of hydrogen-bond acceptors (Lipinski definition) is 10. The van der Waals surface area contributed by atoms with E-state index in [4.69, 9.17) is 21.6 Å². The molecule has 18 nitrogen and oxygen atoms in total. The number of ether oxygens (including phenoxy) is 1. The van der Waals surface area contributed by atoms with Crippen LogP contribution in [-0.4, -0.2) is 114 Å². The van der Waals surface area contributed by atoms with Crippen LogP contribution in [0.4, 0.5) is 5.69 Å². The number of nitrogens with two attached hydrogens (primary N) is 2. The molecule has 2 fully saturated rings. The van der Waals surface area contributed by atoms with Crippen LogP contribution in [0.2, 0.25) is 0 Å². The molecule has 1 saturated heterocycles. The molecule has 5 unspecified atom stereocenters. The number of carbonyl (C=O) groups is 5. The van der Waals surface area contributed by atoms with Crippen LogP contribution < -0.4 is 43.4 Å². The lowest BCUT2D eigenvalue weighted by molar-refractivity contribution is -0.134. The first-order valence-electron chi connectivity index (χ1n) is 24.5. The van der Waals surface area contributed by atoms with E-state index < -0.39 is 47.7 Å². The van der Waals surface area contributed by atoms with E-state index in [0.29, 0.717) is 62.1 Å². The van der Waals surface area contributed by atoms with Crippen molar-refractivity contribution in [3.05, 3.63) is 120 Å². The molecular weight excluding hydrogens is 903 g/mol. The van der Waals surface area contributed by atoms with E-state index in [0.717, 1.165) is 60.2 Å². The van der Waals surface area contributed by atoms with Gasteiger partial charge in [-0.1, -0.05) is 73.2 Å². The van der Waals surface area contributed by atoms with Gasteiger partial charge in [-0.05, 0) is 96.7 Å². The van der Waals surface area contributed by atoms with Crippen molar-refractivity contribution in [2.75, 3.05) is 44.7 Å². The standard InChI is InChI=1S/C53H67N11O7/c54-40-10-6-9-38(28-40)49(67)62-47(29-39-31-58-44-21-20-42(65)30-43(39)44)52(70)63-46(27-34-12-16-37(17-13-34)36-7-2-1-3-8-36)51(69)61-45(11-4-5-22-57-53(55)56)50(68)59-32-48(66)60-41-18-14-35(15-19-41)33-64-23-25-71-26-24-64/h1-3,7-8,12-21,30-31,38,40,45-47,58,65H,4-6,9-11,22-29,32-33,54H2,(H,59,68)(H,60,66)(H,61,69)(H,62,67)(H,63,70)(H4,55,56,57). The first kappa shape index (κ1) is 51.6. The SMILES string of the molecule is N=C(N)NCCCCC(NC(=O)C(Cc1ccc(-c2ccccc2)cc1)NC(=O)C(Cc1c[nH]c2ccc(O)cc12)NC(=O)C1CCCC(N)C1)C(=O)NCC(=O)Nc1ccc(CN2CCOCC2)cc1. The van der Waals surface area contributed by atoms with Gasteiger partial charge in [0, 0.05) is 73.8 Å². The Kier molecular flexibility index (Phi) is 18.5. The van der Waals surface area contributed by atoms with Gasteiger partial charge in [0.15, 0.2) is 5.96 Å². The highest BCUT2D eigenvalue weighted by atomic mass is 16.5. The number of phenols is 1. The highest BCUT2D eigenvalue weighted by Crippen LogP contribution is 2.26. The van der Waals surface area contributed by atoms with Crippen molar-refractivity contribution in [3.63, 3.8) is 0 Å². The normalized spacial score (nSPS) is 17.3. The summed E-state index contributed by atoms with van der Waals surface area (Å²) in [5.74, 6) is -3.24. The summed E-state index contributed by atoms with van der Waals surface area (Å²) in [5.41, 5.74) is 17.5. The molecule has 0 radical (unpaired) electrons. The zero-order chi connectivity index (χ0) is 50.1. The number of guanidine groups is 1. The fourth-order valence-electron chi connectivity index (χ4n) is 9.15. The number of amides is 5. The molecule has 2 aliphatic rings. The van der Waals surface area contributed by atoms with Crippen LogP contribution in [0.1, 0.15) is 61.6 Å². The largest absolute Gasteiger partial charge is 0.508 e. The van der Waals surface area contributed by atoms with Crippen molar-refractivity contribution >= 4 is 52.1 Å². The molecule has 1 aromatic heterocycles. The topological polar surface area (TPSA) is 282 Å². The number of fused-ring (bicyclic) bond motifs is 1. The number of unbranched alkanes of at least 4 members (excludes halogenated alkanes) is 1. The van der Waals surface area contributed by atoms with Crippen molar-refractivity contribution in [1.29, 1.82) is 5.41 Å². The number of hydrogen-bond donors (Lipinski definition) is 11. The van der Waals surface area contributed by atoms with E-state index in [9.17, 15) is 29.1 Å². The summed E-state index contributed by atoms with van der Waals surface area (Å²) in [5, 5.41) is 35.6. The molecule has 0 spiro atoms. The fraction of sp³-hybridized carbons (Fsp3) is 0.396. The molecule has 376 valence electrons. The minimum atomic E-state index is -1.23. The van der Waals surface area contributed by atoms with Crippen LogP contribution in [-0.2, 0) is 48.1 Å². The third kappa shape index (κ3) is 15.6. The van der Waals surface area contributed by atoms with E-state index in [-0.39, 0.29) is 49.5 Å². The molecular formula is C53H67N11O7. The molecule has 5 atom stereocenters. The van der Waals surface area contributed by atoms with Crippen LogP contribution in [0.15, 0.2) is 103 Å². The van der Waals surface area contributed by atoms with E-state index in [2.05, 4.69) is 41.8 Å². The summed E-state index contributed by atoms with van der Waals surface area (Å²) in [6.07, 6.45) is 5.56. The lowest BCUT2D eigenvalue weighted by Crippen LogP contribution is -2.58. The third-order valence-electron chi connectivity index (χ3n) is 13.1. The Labute approximate surface area is 413 Å². The average Bonchev–Trinajstić information content (AvgIpc) is 3.77. The Bertz CT molecular complexity index is 2580. The third-order valence-corrected chi connectivity index (χ3v) is 13.1. The number of aromatic amines is 1. The summed E-state index contributed by atoms with van der Waals surface area (Å²) in [7, 11) is 0. The second-order valence-corrected chi connectivity index (χ2v) is 18.5. The van der Waals surface area contributed by atoms with Crippen LogP contribution in [0.3, 0.4) is 0 Å². The summed E-state index contributed by atoms with van der Waals surface area (Å²) in [4.78, 5) is 75.9. The van der Waals surface area contributed by atoms with Gasteiger partial charge in [-0.25, -0.2) is 0 Å². The second kappa shape index (κ2) is 25.5. The number of benzene rings is 4. The molecule has 7 rings (SSSR count). The molecule has 2 heterocycles. The van der Waals surface area contributed by atoms with Gasteiger partial charge in [-0.2, -0.15) is 0 Å². The molecule has 71 heavy (non-hydrogen) atoms. The first-order chi connectivity index (χ1) is 34.4. The Hall–Kier alpha value is -7.28. The Morgan fingerprint density at radius 1 is 0.775 bits per heavy atom. The van der Waals surface area contributed by atoms with Crippen LogP contribution >= 0.6 is 0 Å². The van der Waals surface area contributed by atoms with Gasteiger partial charge >= 0.3 is 0 Å². The molecule has 4 aromatic carbocycles. The lowest BCUT2D eigenvalue weighted by atomic mass is 9.85. The number of rotatable bonds is 22. The fourth-order valence-corrected chi connectivity index (χ4v) is 9.15. The summed E-state index contributed by atoms with van der Waals surface area (Å²) in [6.45, 7) is 3.84. The molecule has 1 saturated carbocycles. The number of morpholine rings is 1. The van der Waals surface area contributed by atoms with Gasteiger partial charge in [0.25, 0.3) is 0 Å². The quantitative estimate of drug-likeness (QED) is 0.0271. The van der Waals surface area contributed by atoms with Crippen molar-refractivity contribution < 1.29 is 33.8 Å². The molecule has 1 aliphatic heterocycles. The number of aromatic hydroxyl groups is 1. The van der Waals surface area contributed by atoms with Gasteiger partial charge < -0.3 is 58.2 Å². The number of nitrogens with zero attached hydrogens (tertiary/aromatic N) is 1. The van der Waals surface area contributed by atoms with E-state index in [1.807, 2.05) is 78.9 Å². The molecule has 0 bridgehead atoms. The van der Waals surface area contributed by atoms with E-state index >= 15 is 0 Å². The van der Waals surface area contributed by atoms with Crippen molar-refractivity contribution in [2.45, 2.75) is 88.5 Å². The number of H-pyrrole nitrogens is 1. The second-order valence-electron chi connectivity index (χ2n) is 18.5. The van der Waals surface area contributed by atoms with Crippen molar-refractivity contribution in [3.8, 4) is 16.9 Å². The van der Waals surface area contributed by atoms with Crippen molar-refractivity contribution in [1.82, 2.24) is 36.5 Å². The predicted molar refractivity (Wildman–Crippen MR) is 273 cm³/mol. The Morgan fingerprint density at radius 3 is 2.18 bits per heavy atom. The maximum absolute atomic E-state index is 14.7.